The van der Waals surface area contributed by atoms with Crippen molar-refractivity contribution in [2.24, 2.45) is 10.2 Å². The van der Waals surface area contributed by atoms with E-state index in [1.54, 1.807) is 25.3 Å². The number of ether oxygens (including phenoxy) is 1. The van der Waals surface area contributed by atoms with Gasteiger partial charge < -0.3 is 4.74 Å². The number of nitrogens with zero attached hydrogens (tertiary/aromatic N) is 4. The van der Waals surface area contributed by atoms with Crippen LogP contribution in [0.15, 0.2) is 46.8 Å². The summed E-state index contributed by atoms with van der Waals surface area (Å²) in [6, 6.07) is 9.31. The largest absolute Gasteiger partial charge is 0.497 e. The van der Waals surface area contributed by atoms with E-state index in [4.69, 9.17) is 21.3 Å². The quantitative estimate of drug-likeness (QED) is 0.559. The second-order valence-electron chi connectivity index (χ2n) is 5.88. The fourth-order valence-corrected chi connectivity index (χ4v) is 2.65. The van der Waals surface area contributed by atoms with Crippen molar-refractivity contribution in [1.82, 2.24) is 9.38 Å². The predicted octanol–water partition coefficient (Wildman–Crippen LogP) is 5.84. The van der Waals surface area contributed by atoms with Crippen molar-refractivity contribution < 1.29 is 4.74 Å². The van der Waals surface area contributed by atoms with E-state index >= 15 is 0 Å². The molecule has 2 heterocycles. The van der Waals surface area contributed by atoms with Crippen LogP contribution in [0.3, 0.4) is 0 Å². The summed E-state index contributed by atoms with van der Waals surface area (Å²) >= 11 is 6.21. The number of methoxy groups -OCH3 is 1. The normalized spacial score (nSPS) is 11.8. The van der Waals surface area contributed by atoms with Gasteiger partial charge in [-0.1, -0.05) is 31.5 Å². The van der Waals surface area contributed by atoms with Crippen molar-refractivity contribution in [3.63, 3.8) is 0 Å². The van der Waals surface area contributed by atoms with E-state index in [0.717, 1.165) is 22.7 Å². The first kappa shape index (κ1) is 16.5. The molecule has 6 heteroatoms. The van der Waals surface area contributed by atoms with E-state index in [1.807, 2.05) is 29.7 Å². The summed E-state index contributed by atoms with van der Waals surface area (Å²) in [6.45, 7) is 6.22. The van der Waals surface area contributed by atoms with Crippen LogP contribution in [0.2, 0.25) is 5.02 Å². The number of halogens is 1. The lowest BCUT2D eigenvalue weighted by atomic mass is 10.1. The molecule has 24 heavy (non-hydrogen) atoms. The molecule has 0 spiro atoms. The molecule has 0 N–H and O–H groups in total. The van der Waals surface area contributed by atoms with Crippen LogP contribution in [0.5, 0.6) is 5.75 Å². The van der Waals surface area contributed by atoms with Crippen LogP contribution in [0.4, 0.5) is 11.5 Å². The van der Waals surface area contributed by atoms with E-state index in [9.17, 15) is 0 Å². The molecule has 1 aromatic carbocycles. The molecule has 0 atom stereocenters. The lowest BCUT2D eigenvalue weighted by Gasteiger charge is -2.03. The van der Waals surface area contributed by atoms with E-state index in [1.165, 1.54) is 0 Å². The standard InChI is InChI=1S/C18H19ClN4O/c1-11(2)16-18(23-9-5-6-12(3)17(23)20-16)22-21-15-10-13(24-4)7-8-14(15)19/h5-11H,1-4H3. The van der Waals surface area contributed by atoms with Gasteiger partial charge in [-0.3, -0.25) is 4.40 Å². The number of fused-ring (bicyclic) bond motifs is 1. The average Bonchev–Trinajstić information content (AvgIpc) is 2.94. The number of benzene rings is 1. The maximum absolute atomic E-state index is 6.21. The Balaban J connectivity index is 2.13. The molecule has 0 radical (unpaired) electrons. The number of hydrogen-bond donors (Lipinski definition) is 0. The third kappa shape index (κ3) is 2.99. The topological polar surface area (TPSA) is 51.2 Å². The van der Waals surface area contributed by atoms with Gasteiger partial charge in [0.1, 0.15) is 17.1 Å². The summed E-state index contributed by atoms with van der Waals surface area (Å²) in [6.07, 6.45) is 1.95. The number of aryl methyl sites for hydroxylation is 1. The predicted molar refractivity (Wildman–Crippen MR) is 96.2 cm³/mol. The number of pyridine rings is 1. The second kappa shape index (κ2) is 6.61. The highest BCUT2D eigenvalue weighted by atomic mass is 35.5. The minimum atomic E-state index is 0.235. The van der Waals surface area contributed by atoms with Gasteiger partial charge in [0.05, 0.1) is 17.8 Å². The van der Waals surface area contributed by atoms with Gasteiger partial charge in [-0.15, -0.1) is 10.2 Å². The van der Waals surface area contributed by atoms with Crippen LogP contribution >= 0.6 is 11.6 Å². The SMILES string of the molecule is COc1ccc(Cl)c(N=Nc2c(C(C)C)nc3c(C)cccn23)c1. The summed E-state index contributed by atoms with van der Waals surface area (Å²) in [5.74, 6) is 1.65. The van der Waals surface area contributed by atoms with Crippen molar-refractivity contribution >= 4 is 28.8 Å². The van der Waals surface area contributed by atoms with Crippen LogP contribution in [0.25, 0.3) is 5.65 Å². The highest BCUT2D eigenvalue weighted by Crippen LogP contribution is 2.33. The van der Waals surface area contributed by atoms with Gasteiger partial charge in [0.2, 0.25) is 0 Å². The Morgan fingerprint density at radius 3 is 2.71 bits per heavy atom. The van der Waals surface area contributed by atoms with E-state index in [2.05, 4.69) is 24.1 Å². The molecule has 0 saturated carbocycles. The lowest BCUT2D eigenvalue weighted by Crippen LogP contribution is -1.87. The van der Waals surface area contributed by atoms with Crippen molar-refractivity contribution in [2.45, 2.75) is 26.7 Å². The number of azo groups is 1. The first-order valence-electron chi connectivity index (χ1n) is 7.74. The zero-order chi connectivity index (χ0) is 17.3. The Labute approximate surface area is 146 Å². The van der Waals surface area contributed by atoms with Crippen molar-refractivity contribution in [1.29, 1.82) is 0 Å². The molecule has 0 saturated heterocycles. The monoisotopic (exact) mass is 342 g/mol. The smallest absolute Gasteiger partial charge is 0.183 e. The van der Waals surface area contributed by atoms with Crippen LogP contribution in [0.1, 0.15) is 31.0 Å². The Kier molecular flexibility index (Phi) is 4.53. The highest BCUT2D eigenvalue weighted by Gasteiger charge is 2.16. The van der Waals surface area contributed by atoms with Gasteiger partial charge in [-0.25, -0.2) is 4.98 Å². The lowest BCUT2D eigenvalue weighted by molar-refractivity contribution is 0.415. The van der Waals surface area contributed by atoms with Gasteiger partial charge in [0, 0.05) is 12.3 Å². The molecule has 5 nitrogen and oxygen atoms in total. The molecule has 3 rings (SSSR count). The highest BCUT2D eigenvalue weighted by molar-refractivity contribution is 6.33. The number of hydrogen-bond acceptors (Lipinski definition) is 4. The van der Waals surface area contributed by atoms with E-state index in [-0.39, 0.29) is 5.92 Å². The van der Waals surface area contributed by atoms with Crippen LogP contribution in [-0.2, 0) is 0 Å². The Morgan fingerprint density at radius 1 is 1.21 bits per heavy atom. The minimum Gasteiger partial charge on any atom is -0.497 e. The maximum Gasteiger partial charge on any atom is 0.183 e. The first-order chi connectivity index (χ1) is 11.5. The zero-order valence-electron chi connectivity index (χ0n) is 14.1. The Morgan fingerprint density at radius 2 is 2.00 bits per heavy atom. The van der Waals surface area contributed by atoms with Crippen LogP contribution < -0.4 is 4.74 Å². The van der Waals surface area contributed by atoms with Crippen molar-refractivity contribution in [3.8, 4) is 5.75 Å². The van der Waals surface area contributed by atoms with E-state index in [0.29, 0.717) is 16.5 Å². The minimum absolute atomic E-state index is 0.235. The second-order valence-corrected chi connectivity index (χ2v) is 6.28. The van der Waals surface area contributed by atoms with Crippen molar-refractivity contribution in [2.75, 3.05) is 7.11 Å². The summed E-state index contributed by atoms with van der Waals surface area (Å²) in [5, 5.41) is 9.30. The van der Waals surface area contributed by atoms with Gasteiger partial charge >= 0.3 is 0 Å². The summed E-state index contributed by atoms with van der Waals surface area (Å²) < 4.78 is 7.18. The summed E-state index contributed by atoms with van der Waals surface area (Å²) in [4.78, 5) is 4.73. The number of rotatable bonds is 4. The van der Waals surface area contributed by atoms with Gasteiger partial charge in [-0.05, 0) is 36.6 Å². The molecule has 124 valence electrons. The molecular formula is C18H19ClN4O. The third-order valence-corrected chi connectivity index (χ3v) is 4.12. The molecule has 2 aromatic heterocycles. The number of imidazole rings is 1. The fraction of sp³-hybridized carbons (Fsp3) is 0.278. The molecule has 0 amide bonds. The average molecular weight is 343 g/mol. The van der Waals surface area contributed by atoms with E-state index < -0.39 is 0 Å². The molecule has 0 fully saturated rings. The zero-order valence-corrected chi connectivity index (χ0v) is 14.9. The molecule has 0 aliphatic carbocycles. The molecule has 0 unspecified atom stereocenters. The van der Waals surface area contributed by atoms with Gasteiger partial charge in [0.15, 0.2) is 5.82 Å². The summed E-state index contributed by atoms with van der Waals surface area (Å²) in [5.41, 5.74) is 3.47. The Hall–Kier alpha value is -2.40. The van der Waals surface area contributed by atoms with Crippen LogP contribution in [0, 0.1) is 6.92 Å². The third-order valence-electron chi connectivity index (χ3n) is 3.80. The number of aromatic nitrogens is 2. The molecule has 3 aromatic rings. The molecular weight excluding hydrogens is 324 g/mol. The molecule has 0 aliphatic heterocycles. The Bertz CT molecular complexity index is 915. The van der Waals surface area contributed by atoms with Crippen molar-refractivity contribution in [3.05, 3.63) is 52.8 Å². The summed E-state index contributed by atoms with van der Waals surface area (Å²) in [7, 11) is 1.61. The van der Waals surface area contributed by atoms with Crippen LogP contribution in [-0.4, -0.2) is 16.5 Å². The van der Waals surface area contributed by atoms with Gasteiger partial charge in [0.25, 0.3) is 0 Å². The maximum atomic E-state index is 6.21. The fourth-order valence-electron chi connectivity index (χ4n) is 2.49. The van der Waals surface area contributed by atoms with Gasteiger partial charge in [-0.2, -0.15) is 0 Å². The first-order valence-corrected chi connectivity index (χ1v) is 8.12. The molecule has 0 aliphatic rings. The molecule has 0 bridgehead atoms.